The highest BCUT2D eigenvalue weighted by Gasteiger charge is 2.24. The fourth-order valence-electron chi connectivity index (χ4n) is 18.9. The Morgan fingerprint density at radius 3 is 0.837 bits per heavy atom. The zero-order valence-electron chi connectivity index (χ0n) is 66.1. The van der Waals surface area contributed by atoms with Crippen molar-refractivity contribution in [2.24, 2.45) is 0 Å². The van der Waals surface area contributed by atoms with Crippen molar-refractivity contribution >= 4 is 222 Å². The number of fused-ring (bicyclic) bond motifs is 24. The first kappa shape index (κ1) is 71.8. The molecule has 3 nitrogen and oxygen atoms in total. The van der Waals surface area contributed by atoms with Crippen LogP contribution < -0.4 is 0 Å². The highest BCUT2D eigenvalue weighted by molar-refractivity contribution is 7.28. The van der Waals surface area contributed by atoms with Gasteiger partial charge in [0.25, 0.3) is 0 Å². The third-order valence-electron chi connectivity index (χ3n) is 24.6. The van der Waals surface area contributed by atoms with E-state index in [9.17, 15) is 0 Å². The summed E-state index contributed by atoms with van der Waals surface area (Å²) in [6.45, 7) is 0. The molecule has 123 heavy (non-hydrogen) atoms. The van der Waals surface area contributed by atoms with Gasteiger partial charge in [0.05, 0.1) is 47.2 Å². The van der Waals surface area contributed by atoms with E-state index in [0.717, 1.165) is 0 Å². The smallest absolute Gasteiger partial charge is 0.0727 e. The first-order chi connectivity index (χ1) is 61.0. The quantitative estimate of drug-likeness (QED) is 0.137. The molecule has 0 atom stereocenters. The summed E-state index contributed by atoms with van der Waals surface area (Å²) in [7, 11) is 0. The average molecular weight is 1670 g/mol. The third-order valence-corrected chi connectivity index (χ3v) is 31.6. The third kappa shape index (κ3) is 12.0. The number of aromatic nitrogens is 3. The Morgan fingerprint density at radius 2 is 0.407 bits per heavy atom. The molecule has 0 aliphatic rings. The summed E-state index contributed by atoms with van der Waals surface area (Å²) in [5, 5.41) is 15.9. The van der Waals surface area contributed by atoms with Crippen molar-refractivity contribution < 1.29 is 0 Å². The molecular formula is C114H69N3S6. The van der Waals surface area contributed by atoms with Crippen LogP contribution in [0.25, 0.3) is 238 Å². The van der Waals surface area contributed by atoms with E-state index in [1.807, 2.05) is 68.0 Å². The second-order valence-electron chi connectivity index (χ2n) is 31.7. The summed E-state index contributed by atoms with van der Waals surface area (Å²) >= 11 is 11.3. The van der Waals surface area contributed by atoms with Gasteiger partial charge in [-0.05, 0) is 194 Å². The van der Waals surface area contributed by atoms with Crippen LogP contribution in [0.1, 0.15) is 0 Å². The largest absolute Gasteiger partial charge is 0.308 e. The zero-order valence-corrected chi connectivity index (χ0v) is 71.0. The van der Waals surface area contributed by atoms with E-state index >= 15 is 0 Å². The molecule has 9 aromatic heterocycles. The lowest BCUT2D eigenvalue weighted by Crippen LogP contribution is -1.92. The van der Waals surface area contributed by atoms with Gasteiger partial charge in [-0.3, -0.25) is 0 Å². The zero-order chi connectivity index (χ0) is 80.7. The van der Waals surface area contributed by atoms with Crippen LogP contribution in [0.15, 0.2) is 419 Å². The number of nitrogens with zero attached hydrogens (tertiary/aromatic N) is 3. The summed E-state index contributed by atoms with van der Waals surface area (Å²) in [6, 6.07) is 153. The standard InChI is InChI=1S/3C38H23NS2/c1-2-12-27(13-3-1)39-33-18-6-4-15-31(33)38-36(39)32-21-20-25(23-35(32)41-38)24-10-8-11-26(22-24)28-16-9-17-30-29-14-5-7-19-34(29)40-37(28)30;1-2-11-28(12-3-1)39-33-15-6-4-14-30(33)38-37(39)31-19-17-27(23-36(31)41-38)25-10-8-9-24(21-25)26-18-20-35-32(22-26)29-13-5-7-16-34(29)40-35;1-2-11-28(12-3-1)39-33-15-6-4-14-31(33)38-37(39)32-20-18-27(23-36(32)41-38)25-10-8-9-24(21-25)26-17-19-30-29-13-5-7-16-34(29)40-35(30)22-26/h3*1-23H. The van der Waals surface area contributed by atoms with Gasteiger partial charge in [0.15, 0.2) is 0 Å². The molecule has 0 fully saturated rings. The number of benzene rings is 18. The van der Waals surface area contributed by atoms with Gasteiger partial charge in [-0.1, -0.05) is 291 Å². The van der Waals surface area contributed by atoms with E-state index in [0.29, 0.717) is 0 Å². The van der Waals surface area contributed by atoms with E-state index in [1.54, 1.807) is 0 Å². The molecule has 9 heterocycles. The topological polar surface area (TPSA) is 14.8 Å². The fourth-order valence-corrected chi connectivity index (χ4v) is 26.1. The Labute approximate surface area is 731 Å². The minimum atomic E-state index is 1.20. The van der Waals surface area contributed by atoms with Crippen molar-refractivity contribution in [1.29, 1.82) is 0 Å². The molecule has 576 valence electrons. The molecule has 0 aliphatic carbocycles. The molecule has 0 bridgehead atoms. The Kier molecular flexibility index (Phi) is 17.1. The van der Waals surface area contributed by atoms with Gasteiger partial charge in [-0.2, -0.15) is 0 Å². The lowest BCUT2D eigenvalue weighted by atomic mass is 9.97. The summed E-state index contributed by atoms with van der Waals surface area (Å²) in [6.07, 6.45) is 0. The number of para-hydroxylation sites is 6. The SMILES string of the molecule is c1ccc(-n2c3ccccc3c3sc4cc(-c5cccc(-c6ccc7c(c6)sc6ccccc67)c5)ccc4c32)cc1.c1ccc(-n2c3ccccc3c3sc4cc(-c5cccc(-c6ccc7sc8ccccc8c7c6)c5)ccc4c32)cc1.c1ccc(-n2c3ccccc3c3sc4cc(-c5cccc(-c6cccc7c6sc6ccccc67)c5)ccc4c32)cc1. The van der Waals surface area contributed by atoms with Gasteiger partial charge < -0.3 is 13.7 Å². The Bertz CT molecular complexity index is 8890. The maximum Gasteiger partial charge on any atom is 0.0727 e. The minimum Gasteiger partial charge on any atom is -0.308 e. The predicted octanol–water partition coefficient (Wildman–Crippen LogP) is 35.1. The van der Waals surface area contributed by atoms with Crippen LogP contribution in [0.2, 0.25) is 0 Å². The number of thiophene rings is 6. The Morgan fingerprint density at radius 1 is 0.138 bits per heavy atom. The monoisotopic (exact) mass is 1670 g/mol. The molecule has 27 rings (SSSR count). The highest BCUT2D eigenvalue weighted by Crippen LogP contribution is 2.50. The molecule has 0 N–H and O–H groups in total. The summed E-state index contributed by atoms with van der Waals surface area (Å²) < 4.78 is 23.3. The van der Waals surface area contributed by atoms with E-state index in [4.69, 9.17) is 0 Å². The fraction of sp³-hybridized carbons (Fsp3) is 0. The van der Waals surface area contributed by atoms with Crippen molar-refractivity contribution in [3.63, 3.8) is 0 Å². The molecule has 0 spiro atoms. The number of hydrogen-bond donors (Lipinski definition) is 0. The van der Waals surface area contributed by atoms with Gasteiger partial charge in [-0.15, -0.1) is 68.0 Å². The van der Waals surface area contributed by atoms with Crippen molar-refractivity contribution in [2.75, 3.05) is 0 Å². The van der Waals surface area contributed by atoms with Crippen LogP contribution in [0, 0.1) is 0 Å². The average Bonchev–Trinajstić information content (AvgIpc) is 1.57. The van der Waals surface area contributed by atoms with Crippen LogP contribution in [0.4, 0.5) is 0 Å². The van der Waals surface area contributed by atoms with Crippen LogP contribution in [-0.4, -0.2) is 13.7 Å². The van der Waals surface area contributed by atoms with Gasteiger partial charge in [0.2, 0.25) is 0 Å². The van der Waals surface area contributed by atoms with Crippen molar-refractivity contribution in [2.45, 2.75) is 0 Å². The van der Waals surface area contributed by atoms with E-state index in [2.05, 4.69) is 432 Å². The van der Waals surface area contributed by atoms with Gasteiger partial charge in [0.1, 0.15) is 0 Å². The maximum absolute atomic E-state index is 2.43. The summed E-state index contributed by atoms with van der Waals surface area (Å²) in [5.41, 5.74) is 26.3. The molecule has 0 saturated carbocycles. The molecular weight excluding hydrogens is 1600 g/mol. The number of hydrogen-bond acceptors (Lipinski definition) is 6. The first-order valence-corrected chi connectivity index (χ1v) is 46.5. The molecule has 0 aliphatic heterocycles. The normalized spacial score (nSPS) is 11.9. The maximum atomic E-state index is 2.43. The molecule has 0 saturated heterocycles. The molecule has 18 aromatic carbocycles. The van der Waals surface area contributed by atoms with Crippen LogP contribution >= 0.6 is 68.0 Å². The molecule has 9 heteroatoms. The molecule has 27 aromatic rings. The number of rotatable bonds is 9. The van der Waals surface area contributed by atoms with Crippen LogP contribution in [-0.2, 0) is 0 Å². The lowest BCUT2D eigenvalue weighted by molar-refractivity contribution is 1.19. The second kappa shape index (κ2) is 29.4. The van der Waals surface area contributed by atoms with Gasteiger partial charge in [-0.25, -0.2) is 0 Å². The molecule has 0 amide bonds. The second-order valence-corrected chi connectivity index (χ2v) is 38.1. The van der Waals surface area contributed by atoms with E-state index in [-0.39, 0.29) is 0 Å². The lowest BCUT2D eigenvalue weighted by Gasteiger charge is -2.09. The van der Waals surface area contributed by atoms with Crippen LogP contribution in [0.3, 0.4) is 0 Å². The first-order valence-electron chi connectivity index (χ1n) is 41.6. The van der Waals surface area contributed by atoms with Crippen molar-refractivity contribution in [3.05, 3.63) is 419 Å². The summed E-state index contributed by atoms with van der Waals surface area (Å²) in [5.74, 6) is 0. The molecule has 0 unspecified atom stereocenters. The molecule has 0 radical (unpaired) electrons. The van der Waals surface area contributed by atoms with Gasteiger partial charge >= 0.3 is 0 Å². The van der Waals surface area contributed by atoms with E-state index < -0.39 is 0 Å². The Balaban J connectivity index is 0.000000101. The minimum absolute atomic E-state index is 1.20. The van der Waals surface area contributed by atoms with Crippen molar-refractivity contribution in [3.8, 4) is 83.8 Å². The van der Waals surface area contributed by atoms with E-state index in [1.165, 1.54) is 238 Å². The van der Waals surface area contributed by atoms with Crippen molar-refractivity contribution in [1.82, 2.24) is 13.7 Å². The highest BCUT2D eigenvalue weighted by atomic mass is 32.1. The predicted molar refractivity (Wildman–Crippen MR) is 540 cm³/mol. The summed E-state index contributed by atoms with van der Waals surface area (Å²) in [4.78, 5) is 0. The van der Waals surface area contributed by atoms with Crippen LogP contribution in [0.5, 0.6) is 0 Å². The van der Waals surface area contributed by atoms with Gasteiger partial charge in [0, 0.05) is 124 Å². The Hall–Kier alpha value is -14.1.